The normalized spacial score (nSPS) is 18.8. The Balaban J connectivity index is 2.41. The number of hydrogen-bond donors (Lipinski definition) is 2. The average Bonchev–Trinajstić information content (AvgIpc) is 2.82. The highest BCUT2D eigenvalue weighted by molar-refractivity contribution is 6.37. The van der Waals surface area contributed by atoms with Crippen molar-refractivity contribution in [1.82, 2.24) is 5.32 Å². The van der Waals surface area contributed by atoms with Gasteiger partial charge in [0.25, 0.3) is 5.91 Å². The van der Waals surface area contributed by atoms with Crippen molar-refractivity contribution in [3.63, 3.8) is 0 Å². The molecule has 12 heavy (non-hydrogen) atoms. The van der Waals surface area contributed by atoms with Crippen molar-refractivity contribution >= 4 is 11.7 Å². The fourth-order valence-electron chi connectivity index (χ4n) is 1.21. The van der Waals surface area contributed by atoms with E-state index in [-0.39, 0.29) is 6.04 Å². The molecule has 0 aliphatic heterocycles. The molecule has 3 N–H and O–H groups in total. The smallest absolute Gasteiger partial charge is 0.286 e. The summed E-state index contributed by atoms with van der Waals surface area (Å²) in [5, 5.41) is 2.80. The second-order valence-electron chi connectivity index (χ2n) is 3.25. The van der Waals surface area contributed by atoms with Crippen LogP contribution in [-0.4, -0.2) is 24.8 Å². The molecule has 0 radical (unpaired) electrons. The predicted octanol–water partition coefficient (Wildman–Crippen LogP) is -0.571. The number of Topliss-reactive ketones (excluding diaryl/α,β-unsaturated/α-hetero) is 1. The van der Waals surface area contributed by atoms with Crippen LogP contribution >= 0.6 is 0 Å². The van der Waals surface area contributed by atoms with E-state index in [1.807, 2.05) is 0 Å². The molecule has 1 amide bonds. The number of rotatable bonds is 5. The molecule has 0 heterocycles. The lowest BCUT2D eigenvalue weighted by Gasteiger charge is -2.11. The molecule has 0 saturated heterocycles. The van der Waals surface area contributed by atoms with Crippen molar-refractivity contribution in [3.8, 4) is 0 Å². The number of nitrogens with one attached hydrogen (secondary N) is 1. The predicted molar refractivity (Wildman–Crippen MR) is 44.4 cm³/mol. The molecule has 1 aliphatic carbocycles. The Kier molecular flexibility index (Phi) is 2.81. The van der Waals surface area contributed by atoms with Crippen LogP contribution in [0.3, 0.4) is 0 Å². The first kappa shape index (κ1) is 9.19. The molecule has 0 aromatic carbocycles. The van der Waals surface area contributed by atoms with Crippen LogP contribution in [0, 0.1) is 5.92 Å². The van der Waals surface area contributed by atoms with Crippen molar-refractivity contribution in [3.05, 3.63) is 0 Å². The zero-order chi connectivity index (χ0) is 9.14. The van der Waals surface area contributed by atoms with Crippen LogP contribution in [-0.2, 0) is 9.59 Å². The Morgan fingerprint density at radius 1 is 1.58 bits per heavy atom. The molecule has 68 valence electrons. The van der Waals surface area contributed by atoms with Gasteiger partial charge >= 0.3 is 0 Å². The van der Waals surface area contributed by atoms with Crippen molar-refractivity contribution < 1.29 is 9.59 Å². The van der Waals surface area contributed by atoms with E-state index < -0.39 is 11.7 Å². The Bertz CT molecular complexity index is 199. The van der Waals surface area contributed by atoms with Crippen LogP contribution in [0.15, 0.2) is 0 Å². The van der Waals surface area contributed by atoms with Crippen LogP contribution in [0.2, 0.25) is 0 Å². The number of carbonyl (C=O) groups excluding carboxylic acids is 2. The number of nitrogens with two attached hydrogens (primary N) is 1. The van der Waals surface area contributed by atoms with Gasteiger partial charge in [-0.25, -0.2) is 0 Å². The van der Waals surface area contributed by atoms with E-state index >= 15 is 0 Å². The third-order valence-corrected chi connectivity index (χ3v) is 2.17. The van der Waals surface area contributed by atoms with Gasteiger partial charge in [-0.2, -0.15) is 0 Å². The van der Waals surface area contributed by atoms with Crippen molar-refractivity contribution in [1.29, 1.82) is 0 Å². The van der Waals surface area contributed by atoms with E-state index in [2.05, 4.69) is 5.32 Å². The van der Waals surface area contributed by atoms with Gasteiger partial charge in [0.05, 0.1) is 6.04 Å². The van der Waals surface area contributed by atoms with Crippen molar-refractivity contribution in [2.45, 2.75) is 25.3 Å². The number of primary amides is 1. The van der Waals surface area contributed by atoms with Gasteiger partial charge in [-0.05, 0) is 19.4 Å². The maximum atomic E-state index is 11.1. The number of ketones is 1. The molecule has 4 heteroatoms. The number of carbonyl (C=O) groups is 2. The second kappa shape index (κ2) is 3.67. The zero-order valence-corrected chi connectivity index (χ0v) is 7.17. The number of amides is 1. The van der Waals surface area contributed by atoms with Crippen LogP contribution in [0.4, 0.5) is 0 Å². The summed E-state index contributed by atoms with van der Waals surface area (Å²) in [6, 6.07) is -0.366. The van der Waals surface area contributed by atoms with E-state index in [9.17, 15) is 9.59 Å². The van der Waals surface area contributed by atoms with Gasteiger partial charge < -0.3 is 11.1 Å². The minimum Gasteiger partial charge on any atom is -0.363 e. The Morgan fingerprint density at radius 3 is 2.50 bits per heavy atom. The summed E-state index contributed by atoms with van der Waals surface area (Å²) >= 11 is 0. The average molecular weight is 170 g/mol. The Morgan fingerprint density at radius 2 is 2.17 bits per heavy atom. The quantitative estimate of drug-likeness (QED) is 0.543. The first-order valence-electron chi connectivity index (χ1n) is 4.16. The molecule has 0 aromatic rings. The fraction of sp³-hybridized carbons (Fsp3) is 0.750. The van der Waals surface area contributed by atoms with Crippen molar-refractivity contribution in [2.75, 3.05) is 7.05 Å². The summed E-state index contributed by atoms with van der Waals surface area (Å²) in [5.41, 5.74) is 4.88. The highest BCUT2D eigenvalue weighted by Gasteiger charge is 2.30. The fourth-order valence-corrected chi connectivity index (χ4v) is 1.21. The van der Waals surface area contributed by atoms with E-state index in [4.69, 9.17) is 5.73 Å². The van der Waals surface area contributed by atoms with E-state index in [0.717, 1.165) is 6.42 Å². The van der Waals surface area contributed by atoms with Crippen LogP contribution in [0.25, 0.3) is 0 Å². The van der Waals surface area contributed by atoms with E-state index in [0.29, 0.717) is 5.92 Å². The molecule has 1 rings (SSSR count). The van der Waals surface area contributed by atoms with Gasteiger partial charge in [0.15, 0.2) is 0 Å². The molecule has 1 fully saturated rings. The largest absolute Gasteiger partial charge is 0.363 e. The third-order valence-electron chi connectivity index (χ3n) is 2.17. The van der Waals surface area contributed by atoms with Crippen LogP contribution < -0.4 is 11.1 Å². The standard InChI is InChI=1S/C8H14N2O2/c1-10-6(4-5-2-3-5)7(11)8(9)12/h5-6,10H,2-4H2,1H3,(H2,9,12). The summed E-state index contributed by atoms with van der Waals surface area (Å²) in [7, 11) is 1.67. The first-order valence-corrected chi connectivity index (χ1v) is 4.16. The second-order valence-corrected chi connectivity index (χ2v) is 3.25. The number of likely N-dealkylation sites (N-methyl/N-ethyl adjacent to an activating group) is 1. The maximum absolute atomic E-state index is 11.1. The lowest BCUT2D eigenvalue weighted by Crippen LogP contribution is -2.42. The highest BCUT2D eigenvalue weighted by Crippen LogP contribution is 2.33. The summed E-state index contributed by atoms with van der Waals surface area (Å²) in [6.45, 7) is 0. The monoisotopic (exact) mass is 170 g/mol. The molecule has 1 unspecified atom stereocenters. The van der Waals surface area contributed by atoms with Gasteiger partial charge in [0.2, 0.25) is 5.78 Å². The SMILES string of the molecule is CNC(CC1CC1)C(=O)C(N)=O. The summed E-state index contributed by atoms with van der Waals surface area (Å²) in [6.07, 6.45) is 3.09. The topological polar surface area (TPSA) is 72.2 Å². The lowest BCUT2D eigenvalue weighted by atomic mass is 10.1. The summed E-state index contributed by atoms with van der Waals surface area (Å²) in [4.78, 5) is 21.6. The van der Waals surface area contributed by atoms with Gasteiger partial charge in [0.1, 0.15) is 0 Å². The molecular formula is C8H14N2O2. The van der Waals surface area contributed by atoms with Gasteiger partial charge in [-0.1, -0.05) is 12.8 Å². The molecule has 0 aromatic heterocycles. The lowest BCUT2D eigenvalue weighted by molar-refractivity contribution is -0.137. The maximum Gasteiger partial charge on any atom is 0.286 e. The van der Waals surface area contributed by atoms with Crippen LogP contribution in [0.1, 0.15) is 19.3 Å². The van der Waals surface area contributed by atoms with Gasteiger partial charge in [-0.3, -0.25) is 9.59 Å². The van der Waals surface area contributed by atoms with E-state index in [1.165, 1.54) is 12.8 Å². The molecule has 1 atom stereocenters. The molecule has 4 nitrogen and oxygen atoms in total. The minimum atomic E-state index is -0.838. The molecule has 0 bridgehead atoms. The summed E-state index contributed by atoms with van der Waals surface area (Å²) in [5.74, 6) is -0.717. The molecular weight excluding hydrogens is 156 g/mol. The van der Waals surface area contributed by atoms with Gasteiger partial charge in [0, 0.05) is 0 Å². The minimum absolute atomic E-state index is 0.366. The van der Waals surface area contributed by atoms with Crippen molar-refractivity contribution in [2.24, 2.45) is 11.7 Å². The van der Waals surface area contributed by atoms with Gasteiger partial charge in [-0.15, -0.1) is 0 Å². The first-order chi connectivity index (χ1) is 5.65. The summed E-state index contributed by atoms with van der Waals surface area (Å²) < 4.78 is 0. The van der Waals surface area contributed by atoms with Crippen LogP contribution in [0.5, 0.6) is 0 Å². The zero-order valence-electron chi connectivity index (χ0n) is 7.17. The third kappa shape index (κ3) is 2.30. The number of hydrogen-bond acceptors (Lipinski definition) is 3. The molecule has 0 spiro atoms. The molecule has 1 aliphatic rings. The van der Waals surface area contributed by atoms with E-state index in [1.54, 1.807) is 7.05 Å². The molecule has 1 saturated carbocycles. The Labute approximate surface area is 71.5 Å². The highest BCUT2D eigenvalue weighted by atomic mass is 16.2. The Hall–Kier alpha value is -0.900.